The maximum Gasteiger partial charge on any atom is 0.191 e. The zero-order chi connectivity index (χ0) is 19.8. The summed E-state index contributed by atoms with van der Waals surface area (Å²) < 4.78 is 5.32. The lowest BCUT2D eigenvalue weighted by atomic mass is 10.1. The van der Waals surface area contributed by atoms with Gasteiger partial charge in [-0.3, -0.25) is 9.89 Å². The van der Waals surface area contributed by atoms with E-state index in [9.17, 15) is 0 Å². The van der Waals surface area contributed by atoms with Crippen LogP contribution in [0.25, 0.3) is 0 Å². The number of nitrogens with one attached hydrogen (secondary N) is 2. The molecular formula is C23H32N4O. The second-order valence-corrected chi connectivity index (χ2v) is 7.26. The van der Waals surface area contributed by atoms with E-state index in [1.807, 2.05) is 25.2 Å². The fourth-order valence-corrected chi connectivity index (χ4v) is 3.76. The minimum atomic E-state index is 0.193. The lowest BCUT2D eigenvalue weighted by molar-refractivity contribution is 0.245. The Morgan fingerprint density at radius 3 is 2.32 bits per heavy atom. The van der Waals surface area contributed by atoms with Crippen LogP contribution in [0.2, 0.25) is 0 Å². The van der Waals surface area contributed by atoms with Crippen molar-refractivity contribution in [2.24, 2.45) is 4.99 Å². The van der Waals surface area contributed by atoms with E-state index >= 15 is 0 Å². The van der Waals surface area contributed by atoms with Crippen molar-refractivity contribution in [3.8, 4) is 5.75 Å². The molecule has 1 aliphatic rings. The first-order chi connectivity index (χ1) is 13.7. The molecule has 5 heteroatoms. The number of hydrogen-bond acceptors (Lipinski definition) is 3. The molecule has 0 radical (unpaired) electrons. The second-order valence-electron chi connectivity index (χ2n) is 7.26. The Bertz CT molecular complexity index is 739. The van der Waals surface area contributed by atoms with Gasteiger partial charge < -0.3 is 15.4 Å². The molecule has 1 saturated heterocycles. The average Bonchev–Trinajstić information content (AvgIpc) is 3.28. The third kappa shape index (κ3) is 5.26. The van der Waals surface area contributed by atoms with Crippen LogP contribution in [0.4, 0.5) is 0 Å². The van der Waals surface area contributed by atoms with Gasteiger partial charge in [0, 0.05) is 13.6 Å². The minimum Gasteiger partial charge on any atom is -0.497 e. The van der Waals surface area contributed by atoms with Gasteiger partial charge >= 0.3 is 0 Å². The normalized spacial score (nSPS) is 17.2. The van der Waals surface area contributed by atoms with Gasteiger partial charge in [0.2, 0.25) is 0 Å². The van der Waals surface area contributed by atoms with Gasteiger partial charge in [-0.1, -0.05) is 42.5 Å². The quantitative estimate of drug-likeness (QED) is 0.567. The van der Waals surface area contributed by atoms with Crippen molar-refractivity contribution < 1.29 is 4.74 Å². The van der Waals surface area contributed by atoms with Crippen molar-refractivity contribution >= 4 is 5.96 Å². The molecule has 2 aromatic carbocycles. The average molecular weight is 381 g/mol. The first-order valence-corrected chi connectivity index (χ1v) is 10.1. The molecule has 5 nitrogen and oxygen atoms in total. The third-order valence-corrected chi connectivity index (χ3v) is 5.42. The van der Waals surface area contributed by atoms with Crippen molar-refractivity contribution in [1.82, 2.24) is 15.5 Å². The number of ether oxygens (including phenoxy) is 1. The largest absolute Gasteiger partial charge is 0.497 e. The van der Waals surface area contributed by atoms with Gasteiger partial charge in [-0.25, -0.2) is 0 Å². The van der Waals surface area contributed by atoms with Crippen LogP contribution < -0.4 is 15.4 Å². The Balaban J connectivity index is 1.65. The van der Waals surface area contributed by atoms with Gasteiger partial charge in [0.15, 0.2) is 5.96 Å². The molecule has 2 N–H and O–H groups in total. The van der Waals surface area contributed by atoms with E-state index in [0.717, 1.165) is 31.3 Å². The van der Waals surface area contributed by atoms with Gasteiger partial charge in [-0.2, -0.15) is 0 Å². The van der Waals surface area contributed by atoms with Crippen molar-refractivity contribution in [1.29, 1.82) is 0 Å². The van der Waals surface area contributed by atoms with Crippen molar-refractivity contribution in [3.05, 3.63) is 65.7 Å². The van der Waals surface area contributed by atoms with E-state index in [1.165, 1.54) is 24.0 Å². The summed E-state index contributed by atoms with van der Waals surface area (Å²) >= 11 is 0. The Labute approximate surface area is 168 Å². The molecule has 0 amide bonds. The van der Waals surface area contributed by atoms with Crippen molar-refractivity contribution in [2.75, 3.05) is 33.8 Å². The van der Waals surface area contributed by atoms with Crippen LogP contribution in [0.3, 0.4) is 0 Å². The Morgan fingerprint density at radius 1 is 1.04 bits per heavy atom. The van der Waals surface area contributed by atoms with Crippen LogP contribution in [0.15, 0.2) is 59.6 Å². The molecule has 28 heavy (non-hydrogen) atoms. The highest BCUT2D eigenvalue weighted by Crippen LogP contribution is 2.26. The van der Waals surface area contributed by atoms with Crippen molar-refractivity contribution in [2.45, 2.75) is 31.8 Å². The van der Waals surface area contributed by atoms with Crippen LogP contribution in [0.5, 0.6) is 5.75 Å². The topological polar surface area (TPSA) is 48.9 Å². The zero-order valence-electron chi connectivity index (χ0n) is 17.2. The summed E-state index contributed by atoms with van der Waals surface area (Å²) in [6.45, 7) is 5.26. The van der Waals surface area contributed by atoms with Gasteiger partial charge in [0.1, 0.15) is 5.75 Å². The predicted octanol–water partition coefficient (Wildman–Crippen LogP) is 3.76. The summed E-state index contributed by atoms with van der Waals surface area (Å²) in [5.74, 6) is 1.72. The maximum absolute atomic E-state index is 5.32. The van der Waals surface area contributed by atoms with Crippen LogP contribution in [0.1, 0.15) is 43.0 Å². The van der Waals surface area contributed by atoms with Crippen LogP contribution in [-0.2, 0) is 0 Å². The molecule has 1 heterocycles. The summed E-state index contributed by atoms with van der Waals surface area (Å²) in [4.78, 5) is 6.99. The molecule has 1 fully saturated rings. The summed E-state index contributed by atoms with van der Waals surface area (Å²) in [6, 6.07) is 19.4. The summed E-state index contributed by atoms with van der Waals surface area (Å²) in [6.07, 6.45) is 2.54. The summed E-state index contributed by atoms with van der Waals surface area (Å²) in [7, 11) is 3.53. The van der Waals surface area contributed by atoms with E-state index in [2.05, 4.69) is 63.8 Å². The number of aliphatic imine (C=N–C) groups is 1. The van der Waals surface area contributed by atoms with E-state index in [-0.39, 0.29) is 6.04 Å². The fourth-order valence-electron chi connectivity index (χ4n) is 3.76. The molecule has 0 aromatic heterocycles. The first kappa shape index (κ1) is 20.2. The summed E-state index contributed by atoms with van der Waals surface area (Å²) in [5, 5.41) is 7.04. The Kier molecular flexibility index (Phi) is 7.31. The number of rotatable bonds is 7. The first-order valence-electron chi connectivity index (χ1n) is 10.1. The highest BCUT2D eigenvalue weighted by Gasteiger charge is 2.24. The number of methoxy groups -OCH3 is 1. The zero-order valence-corrected chi connectivity index (χ0v) is 17.2. The molecule has 150 valence electrons. The van der Waals surface area contributed by atoms with Crippen LogP contribution >= 0.6 is 0 Å². The number of likely N-dealkylation sites (tertiary alicyclic amines) is 1. The fraction of sp³-hybridized carbons (Fsp3) is 0.435. The summed E-state index contributed by atoms with van der Waals surface area (Å²) in [5.41, 5.74) is 2.55. The molecule has 0 aliphatic carbocycles. The predicted molar refractivity (Wildman–Crippen MR) is 116 cm³/mol. The molecular weight excluding hydrogens is 348 g/mol. The lowest BCUT2D eigenvalue weighted by Crippen LogP contribution is -2.43. The Hall–Kier alpha value is -2.53. The molecule has 0 bridgehead atoms. The molecule has 2 atom stereocenters. The highest BCUT2D eigenvalue weighted by molar-refractivity contribution is 5.80. The minimum absolute atomic E-state index is 0.193. The SMILES string of the molecule is CN=C(NCC(c1ccc(OC)cc1)N1CCCC1)NC(C)c1ccccc1. The molecule has 1 aliphatic heterocycles. The van der Waals surface area contributed by atoms with Gasteiger partial charge in [-0.05, 0) is 56.1 Å². The third-order valence-electron chi connectivity index (χ3n) is 5.42. The van der Waals surface area contributed by atoms with E-state index in [4.69, 9.17) is 4.74 Å². The van der Waals surface area contributed by atoms with Gasteiger partial charge in [0.25, 0.3) is 0 Å². The van der Waals surface area contributed by atoms with E-state index in [0.29, 0.717) is 6.04 Å². The maximum atomic E-state index is 5.32. The standard InChI is InChI=1S/C23H32N4O/c1-18(19-9-5-4-6-10-19)26-23(24-2)25-17-22(27-15-7-8-16-27)20-11-13-21(28-3)14-12-20/h4-6,9-14,18,22H,7-8,15-17H2,1-3H3,(H2,24,25,26). The monoisotopic (exact) mass is 380 g/mol. The van der Waals surface area contributed by atoms with E-state index in [1.54, 1.807) is 7.11 Å². The number of guanidine groups is 1. The van der Waals surface area contributed by atoms with Crippen molar-refractivity contribution in [3.63, 3.8) is 0 Å². The van der Waals surface area contributed by atoms with Gasteiger partial charge in [0.05, 0.1) is 19.2 Å². The lowest BCUT2D eigenvalue weighted by Gasteiger charge is -2.29. The van der Waals surface area contributed by atoms with Crippen LogP contribution in [0, 0.1) is 0 Å². The highest BCUT2D eigenvalue weighted by atomic mass is 16.5. The molecule has 0 saturated carbocycles. The number of hydrogen-bond donors (Lipinski definition) is 2. The van der Waals surface area contributed by atoms with E-state index < -0.39 is 0 Å². The molecule has 2 unspecified atom stereocenters. The van der Waals surface area contributed by atoms with Gasteiger partial charge in [-0.15, -0.1) is 0 Å². The molecule has 2 aromatic rings. The number of benzene rings is 2. The Morgan fingerprint density at radius 2 is 1.71 bits per heavy atom. The number of nitrogens with zero attached hydrogens (tertiary/aromatic N) is 2. The smallest absolute Gasteiger partial charge is 0.191 e. The molecule has 3 rings (SSSR count). The molecule has 0 spiro atoms. The second kappa shape index (κ2) is 10.1. The van der Waals surface area contributed by atoms with Crippen LogP contribution in [-0.4, -0.2) is 44.7 Å².